The minimum Gasteiger partial charge on any atom is -0.324 e. The van der Waals surface area contributed by atoms with Gasteiger partial charge in [0.15, 0.2) is 0 Å². The van der Waals surface area contributed by atoms with Gasteiger partial charge in [-0.3, -0.25) is 9.52 Å². The fourth-order valence-corrected chi connectivity index (χ4v) is 4.57. The SMILES string of the molecule is Cc1ccc(NS(=O)(=O)c2ccc3c(c2)NC(=O)[C@@H](C)S3)c(C)c1. The Morgan fingerprint density at radius 2 is 1.88 bits per heavy atom. The molecule has 0 spiro atoms. The van der Waals surface area contributed by atoms with E-state index >= 15 is 0 Å². The van der Waals surface area contributed by atoms with E-state index in [1.165, 1.54) is 17.8 Å². The predicted octanol–water partition coefficient (Wildman–Crippen LogP) is 3.54. The van der Waals surface area contributed by atoms with Crippen LogP contribution in [0.4, 0.5) is 11.4 Å². The summed E-state index contributed by atoms with van der Waals surface area (Å²) in [5, 5.41) is 2.57. The molecule has 0 aromatic heterocycles. The van der Waals surface area contributed by atoms with Crippen LogP contribution in [0.1, 0.15) is 18.1 Å². The Bertz CT molecular complexity index is 923. The molecule has 5 nitrogen and oxygen atoms in total. The smallest absolute Gasteiger partial charge is 0.261 e. The molecule has 0 saturated carbocycles. The number of aryl methyl sites for hydroxylation is 2. The standard InChI is InChI=1S/C17H18N2O3S2/c1-10-4-6-14(11(2)8-10)19-24(21,22)13-5-7-16-15(9-13)18-17(20)12(3)23-16/h4-9,12,19H,1-3H3,(H,18,20)/t12-/m1/s1. The number of thioether (sulfide) groups is 1. The van der Waals surface area contributed by atoms with Gasteiger partial charge in [-0.1, -0.05) is 17.7 Å². The first-order valence-electron chi connectivity index (χ1n) is 7.48. The van der Waals surface area contributed by atoms with E-state index in [1.54, 1.807) is 18.2 Å². The van der Waals surface area contributed by atoms with Gasteiger partial charge in [-0.05, 0) is 50.6 Å². The van der Waals surface area contributed by atoms with Crippen LogP contribution in [0, 0.1) is 13.8 Å². The van der Waals surface area contributed by atoms with Crippen LogP contribution in [-0.4, -0.2) is 19.6 Å². The number of rotatable bonds is 3. The van der Waals surface area contributed by atoms with Gasteiger partial charge in [0.1, 0.15) is 0 Å². The van der Waals surface area contributed by atoms with Gasteiger partial charge in [0.25, 0.3) is 10.0 Å². The molecular formula is C17H18N2O3S2. The summed E-state index contributed by atoms with van der Waals surface area (Å²) in [6, 6.07) is 10.3. The molecule has 1 atom stereocenters. The van der Waals surface area contributed by atoms with Crippen LogP contribution in [0.25, 0.3) is 0 Å². The number of amides is 1. The van der Waals surface area contributed by atoms with E-state index in [-0.39, 0.29) is 16.1 Å². The van der Waals surface area contributed by atoms with E-state index in [2.05, 4.69) is 10.0 Å². The number of nitrogens with one attached hydrogen (secondary N) is 2. The van der Waals surface area contributed by atoms with E-state index in [9.17, 15) is 13.2 Å². The molecule has 1 aliphatic heterocycles. The molecule has 0 bridgehead atoms. The van der Waals surface area contributed by atoms with E-state index in [4.69, 9.17) is 0 Å². The number of sulfonamides is 1. The van der Waals surface area contributed by atoms with Crippen molar-refractivity contribution in [3.63, 3.8) is 0 Å². The third-order valence-electron chi connectivity index (χ3n) is 3.82. The van der Waals surface area contributed by atoms with E-state index in [1.807, 2.05) is 32.9 Å². The van der Waals surface area contributed by atoms with Gasteiger partial charge >= 0.3 is 0 Å². The fraction of sp³-hybridized carbons (Fsp3) is 0.235. The summed E-state index contributed by atoms with van der Waals surface area (Å²) in [6.07, 6.45) is 0. The van der Waals surface area contributed by atoms with Crippen LogP contribution in [0.15, 0.2) is 46.2 Å². The number of carbonyl (C=O) groups is 1. The van der Waals surface area contributed by atoms with E-state index in [0.29, 0.717) is 11.4 Å². The van der Waals surface area contributed by atoms with Crippen LogP contribution < -0.4 is 10.0 Å². The summed E-state index contributed by atoms with van der Waals surface area (Å²) in [5.41, 5.74) is 3.00. The number of anilines is 2. The van der Waals surface area contributed by atoms with Gasteiger partial charge in [0.2, 0.25) is 5.91 Å². The van der Waals surface area contributed by atoms with Crippen LogP contribution >= 0.6 is 11.8 Å². The summed E-state index contributed by atoms with van der Waals surface area (Å²) in [6.45, 7) is 5.63. The molecule has 7 heteroatoms. The zero-order chi connectivity index (χ0) is 17.5. The second-order valence-electron chi connectivity index (χ2n) is 5.83. The van der Waals surface area contributed by atoms with Crippen molar-refractivity contribution in [1.29, 1.82) is 0 Å². The third kappa shape index (κ3) is 3.27. The quantitative estimate of drug-likeness (QED) is 0.876. The fourth-order valence-electron chi connectivity index (χ4n) is 2.49. The molecule has 0 saturated heterocycles. The molecule has 3 rings (SSSR count). The summed E-state index contributed by atoms with van der Waals surface area (Å²) in [4.78, 5) is 12.8. The van der Waals surface area contributed by atoms with Crippen molar-refractivity contribution in [2.24, 2.45) is 0 Å². The van der Waals surface area contributed by atoms with Crippen molar-refractivity contribution in [3.8, 4) is 0 Å². The Kier molecular flexibility index (Phi) is 4.31. The average Bonchev–Trinajstić information content (AvgIpc) is 2.51. The lowest BCUT2D eigenvalue weighted by Crippen LogP contribution is -2.26. The summed E-state index contributed by atoms with van der Waals surface area (Å²) in [7, 11) is -3.72. The highest BCUT2D eigenvalue weighted by Gasteiger charge is 2.25. The monoisotopic (exact) mass is 362 g/mol. The molecule has 126 valence electrons. The lowest BCUT2D eigenvalue weighted by atomic mass is 10.1. The maximum Gasteiger partial charge on any atom is 0.261 e. The maximum absolute atomic E-state index is 12.6. The molecule has 0 radical (unpaired) electrons. The zero-order valence-corrected chi connectivity index (χ0v) is 15.2. The Hall–Kier alpha value is -1.99. The molecule has 1 amide bonds. The van der Waals surface area contributed by atoms with Gasteiger partial charge in [-0.25, -0.2) is 8.42 Å². The summed E-state index contributed by atoms with van der Waals surface area (Å²) >= 11 is 1.42. The molecule has 2 aromatic carbocycles. The Morgan fingerprint density at radius 1 is 1.12 bits per heavy atom. The first-order chi connectivity index (χ1) is 11.3. The molecule has 24 heavy (non-hydrogen) atoms. The van der Waals surface area contributed by atoms with Gasteiger partial charge in [-0.15, -0.1) is 11.8 Å². The number of carbonyl (C=O) groups excluding carboxylic acids is 1. The van der Waals surface area contributed by atoms with Crippen molar-refractivity contribution in [1.82, 2.24) is 0 Å². The lowest BCUT2D eigenvalue weighted by Gasteiger charge is -2.22. The molecule has 0 aliphatic carbocycles. The Morgan fingerprint density at radius 3 is 2.58 bits per heavy atom. The van der Waals surface area contributed by atoms with E-state index < -0.39 is 10.0 Å². The zero-order valence-electron chi connectivity index (χ0n) is 13.6. The van der Waals surface area contributed by atoms with Crippen molar-refractivity contribution >= 4 is 39.1 Å². The molecule has 1 heterocycles. The Labute approximate surface area is 145 Å². The minimum absolute atomic E-state index is 0.121. The minimum atomic E-state index is -3.72. The van der Waals surface area contributed by atoms with Crippen LogP contribution in [0.3, 0.4) is 0 Å². The normalized spacial score (nSPS) is 17.1. The van der Waals surface area contributed by atoms with Crippen LogP contribution in [0.5, 0.6) is 0 Å². The first-order valence-corrected chi connectivity index (χ1v) is 9.84. The second kappa shape index (κ2) is 6.14. The number of fused-ring (bicyclic) bond motifs is 1. The third-order valence-corrected chi connectivity index (χ3v) is 6.36. The highest BCUT2D eigenvalue weighted by atomic mass is 32.2. The van der Waals surface area contributed by atoms with E-state index in [0.717, 1.165) is 16.0 Å². The Balaban J connectivity index is 1.93. The molecule has 0 unspecified atom stereocenters. The molecular weight excluding hydrogens is 344 g/mol. The van der Waals surface area contributed by atoms with Gasteiger partial charge < -0.3 is 5.32 Å². The largest absolute Gasteiger partial charge is 0.324 e. The predicted molar refractivity (Wildman–Crippen MR) is 97.1 cm³/mol. The van der Waals surface area contributed by atoms with Gasteiger partial charge in [0, 0.05) is 4.90 Å². The summed E-state index contributed by atoms with van der Waals surface area (Å²) in [5.74, 6) is -0.121. The molecule has 1 aliphatic rings. The highest BCUT2D eigenvalue weighted by molar-refractivity contribution is 8.01. The first kappa shape index (κ1) is 16.9. The topological polar surface area (TPSA) is 75.3 Å². The number of hydrogen-bond donors (Lipinski definition) is 2. The molecule has 2 N–H and O–H groups in total. The van der Waals surface area contributed by atoms with Gasteiger partial charge in [0.05, 0.1) is 21.5 Å². The average molecular weight is 362 g/mol. The van der Waals surface area contributed by atoms with Crippen molar-refractivity contribution in [3.05, 3.63) is 47.5 Å². The lowest BCUT2D eigenvalue weighted by molar-refractivity contribution is -0.115. The molecule has 2 aromatic rings. The van der Waals surface area contributed by atoms with Crippen LogP contribution in [0.2, 0.25) is 0 Å². The van der Waals surface area contributed by atoms with Gasteiger partial charge in [-0.2, -0.15) is 0 Å². The van der Waals surface area contributed by atoms with Crippen molar-refractivity contribution in [2.45, 2.75) is 35.8 Å². The molecule has 0 fully saturated rings. The second-order valence-corrected chi connectivity index (χ2v) is 8.90. The number of hydrogen-bond acceptors (Lipinski definition) is 4. The van der Waals surface area contributed by atoms with Crippen LogP contribution in [-0.2, 0) is 14.8 Å². The van der Waals surface area contributed by atoms with Crippen molar-refractivity contribution < 1.29 is 13.2 Å². The van der Waals surface area contributed by atoms with Crippen molar-refractivity contribution in [2.75, 3.05) is 10.0 Å². The summed E-state index contributed by atoms with van der Waals surface area (Å²) < 4.78 is 27.9. The number of benzene rings is 2. The maximum atomic E-state index is 12.6. The highest BCUT2D eigenvalue weighted by Crippen LogP contribution is 2.37.